The molecular weight excluding hydrogens is 194 g/mol. The first kappa shape index (κ1) is 9.21. The van der Waals surface area contributed by atoms with Gasteiger partial charge in [-0.1, -0.05) is 23.5 Å². The van der Waals surface area contributed by atoms with Crippen molar-refractivity contribution in [1.29, 1.82) is 0 Å². The van der Waals surface area contributed by atoms with E-state index in [1.54, 1.807) is 6.20 Å². The van der Waals surface area contributed by atoms with Gasteiger partial charge >= 0.3 is 0 Å². The molecule has 14 heavy (non-hydrogen) atoms. The van der Waals surface area contributed by atoms with Crippen LogP contribution in [0.2, 0.25) is 0 Å². The van der Waals surface area contributed by atoms with Crippen LogP contribution < -0.4 is 4.74 Å². The van der Waals surface area contributed by atoms with Crippen LogP contribution in [0.25, 0.3) is 0 Å². The van der Waals surface area contributed by atoms with Crippen LogP contribution in [0.1, 0.15) is 11.1 Å². The van der Waals surface area contributed by atoms with Crippen molar-refractivity contribution in [3.8, 4) is 10.8 Å². The van der Waals surface area contributed by atoms with Crippen molar-refractivity contribution in [2.24, 2.45) is 0 Å². The van der Waals surface area contributed by atoms with Gasteiger partial charge in [0.1, 0.15) is 5.75 Å². The highest BCUT2D eigenvalue weighted by Crippen LogP contribution is 2.28. The highest BCUT2D eigenvalue weighted by molar-refractivity contribution is 7.11. The number of nitrogens with zero attached hydrogens (tertiary/aromatic N) is 1. The summed E-state index contributed by atoms with van der Waals surface area (Å²) in [5, 5.41) is 0.777. The minimum atomic E-state index is 0.777. The van der Waals surface area contributed by atoms with Gasteiger partial charge in [-0.25, -0.2) is 4.98 Å². The predicted molar refractivity (Wildman–Crippen MR) is 56.9 cm³/mol. The van der Waals surface area contributed by atoms with Gasteiger partial charge in [0, 0.05) is 0 Å². The van der Waals surface area contributed by atoms with Crippen molar-refractivity contribution in [3.05, 3.63) is 41.0 Å². The lowest BCUT2D eigenvalue weighted by molar-refractivity contribution is 0.491. The molecule has 0 spiro atoms. The van der Waals surface area contributed by atoms with Crippen molar-refractivity contribution < 1.29 is 4.74 Å². The molecule has 0 aliphatic heterocycles. The maximum absolute atomic E-state index is 5.65. The summed E-state index contributed by atoms with van der Waals surface area (Å²) in [5.41, 5.74) is 5.15. The van der Waals surface area contributed by atoms with Gasteiger partial charge in [0.2, 0.25) is 5.06 Å². The zero-order valence-electron chi connectivity index (χ0n) is 8.07. The summed E-state index contributed by atoms with van der Waals surface area (Å²) in [6, 6.07) is 6.02. The van der Waals surface area contributed by atoms with Crippen molar-refractivity contribution in [3.63, 3.8) is 0 Å². The average Bonchev–Trinajstić information content (AvgIpc) is 2.66. The lowest BCUT2D eigenvalue weighted by Crippen LogP contribution is -1.87. The minimum absolute atomic E-state index is 0.777. The minimum Gasteiger partial charge on any atom is -0.445 e. The van der Waals surface area contributed by atoms with E-state index in [0.29, 0.717) is 0 Å². The fraction of sp³-hybridized carbons (Fsp3) is 0.182. The Bertz CT molecular complexity index is 423. The molecule has 71 valence electrons. The normalized spacial score (nSPS) is 10.1. The molecule has 0 fully saturated rings. The van der Waals surface area contributed by atoms with Gasteiger partial charge in [-0.05, 0) is 31.0 Å². The van der Waals surface area contributed by atoms with E-state index >= 15 is 0 Å². The number of hydrogen-bond acceptors (Lipinski definition) is 3. The zero-order chi connectivity index (χ0) is 9.97. The van der Waals surface area contributed by atoms with Gasteiger partial charge in [-0.15, -0.1) is 0 Å². The summed E-state index contributed by atoms with van der Waals surface area (Å²) < 4.78 is 5.65. The van der Waals surface area contributed by atoms with Crippen LogP contribution in [-0.2, 0) is 0 Å². The number of aromatic nitrogens is 1. The summed E-state index contributed by atoms with van der Waals surface area (Å²) in [7, 11) is 0. The molecule has 3 heteroatoms. The Morgan fingerprint density at radius 3 is 2.93 bits per heavy atom. The second-order valence-corrected chi connectivity index (χ2v) is 3.86. The van der Waals surface area contributed by atoms with Gasteiger partial charge in [-0.2, -0.15) is 0 Å². The molecule has 1 radical (unpaired) electrons. The fourth-order valence-corrected chi connectivity index (χ4v) is 1.60. The van der Waals surface area contributed by atoms with Crippen LogP contribution >= 0.6 is 11.3 Å². The second-order valence-electron chi connectivity index (χ2n) is 3.07. The molecule has 0 saturated carbocycles. The number of benzene rings is 1. The van der Waals surface area contributed by atoms with E-state index in [1.165, 1.54) is 22.5 Å². The highest BCUT2D eigenvalue weighted by Gasteiger charge is 2.03. The third kappa shape index (κ3) is 1.77. The fourth-order valence-electron chi connectivity index (χ4n) is 1.17. The topological polar surface area (TPSA) is 22.1 Å². The summed E-state index contributed by atoms with van der Waals surface area (Å²) in [4.78, 5) is 3.84. The summed E-state index contributed by atoms with van der Waals surface area (Å²) >= 11 is 1.37. The molecule has 0 aliphatic carbocycles. The Hall–Kier alpha value is -1.35. The van der Waals surface area contributed by atoms with Crippen LogP contribution in [0.4, 0.5) is 0 Å². The highest BCUT2D eigenvalue weighted by atomic mass is 32.1. The Morgan fingerprint density at radius 1 is 1.36 bits per heavy atom. The largest absolute Gasteiger partial charge is 0.445 e. The lowest BCUT2D eigenvalue weighted by Gasteiger charge is -2.07. The molecule has 0 atom stereocenters. The van der Waals surface area contributed by atoms with Crippen LogP contribution in [0.15, 0.2) is 24.4 Å². The van der Waals surface area contributed by atoms with Gasteiger partial charge in [0.25, 0.3) is 0 Å². The molecular formula is C11H10NOS. The Kier molecular flexibility index (Phi) is 2.50. The molecule has 0 N–H and O–H groups in total. The van der Waals surface area contributed by atoms with Crippen molar-refractivity contribution in [1.82, 2.24) is 4.98 Å². The molecule has 0 bridgehead atoms. The van der Waals surface area contributed by atoms with Crippen molar-refractivity contribution in [2.45, 2.75) is 13.8 Å². The van der Waals surface area contributed by atoms with E-state index < -0.39 is 0 Å². The van der Waals surface area contributed by atoms with E-state index in [1.807, 2.05) is 12.1 Å². The van der Waals surface area contributed by atoms with E-state index in [-0.39, 0.29) is 0 Å². The van der Waals surface area contributed by atoms with Gasteiger partial charge < -0.3 is 4.74 Å². The number of thiazole rings is 1. The van der Waals surface area contributed by atoms with E-state index in [4.69, 9.17) is 4.74 Å². The quantitative estimate of drug-likeness (QED) is 0.748. The van der Waals surface area contributed by atoms with E-state index in [9.17, 15) is 0 Å². The van der Waals surface area contributed by atoms with Gasteiger partial charge in [-0.3, -0.25) is 0 Å². The Balaban J connectivity index is 2.29. The van der Waals surface area contributed by atoms with Crippen LogP contribution in [-0.4, -0.2) is 4.98 Å². The average molecular weight is 204 g/mol. The maximum atomic E-state index is 5.65. The van der Waals surface area contributed by atoms with E-state index in [2.05, 4.69) is 30.4 Å². The first-order valence-corrected chi connectivity index (χ1v) is 5.15. The molecule has 0 amide bonds. The molecule has 2 nitrogen and oxygen atoms in total. The number of rotatable bonds is 2. The first-order valence-electron chi connectivity index (χ1n) is 4.33. The Labute approximate surface area is 87.2 Å². The standard InChI is InChI=1S/C11H10NOS/c1-8-4-3-5-10(9(8)2)13-11-6-12-7-14-11/h3-6H,1-2H3. The molecule has 1 aromatic carbocycles. The molecule has 1 aromatic heterocycles. The SMILES string of the molecule is Cc1cccc(Oc2cn[c]s2)c1C. The molecule has 2 rings (SSSR count). The predicted octanol–water partition coefficient (Wildman–Crippen LogP) is 3.35. The third-order valence-corrected chi connectivity index (χ3v) is 2.72. The molecule has 0 aliphatic rings. The number of aryl methyl sites for hydroxylation is 1. The summed E-state index contributed by atoms with van der Waals surface area (Å²) in [6.45, 7) is 4.12. The molecule has 1 heterocycles. The smallest absolute Gasteiger partial charge is 0.201 e. The van der Waals surface area contributed by atoms with Crippen molar-refractivity contribution in [2.75, 3.05) is 0 Å². The van der Waals surface area contributed by atoms with Crippen molar-refractivity contribution >= 4 is 11.3 Å². The summed E-state index contributed by atoms with van der Waals surface area (Å²) in [6.07, 6.45) is 1.67. The number of hydrogen-bond donors (Lipinski definition) is 0. The number of ether oxygens (including phenoxy) is 1. The third-order valence-electron chi connectivity index (χ3n) is 2.13. The first-order chi connectivity index (χ1) is 6.77. The van der Waals surface area contributed by atoms with Crippen LogP contribution in [0.3, 0.4) is 0 Å². The van der Waals surface area contributed by atoms with Gasteiger partial charge in [0.15, 0.2) is 5.51 Å². The monoisotopic (exact) mass is 204 g/mol. The van der Waals surface area contributed by atoms with Gasteiger partial charge in [0.05, 0.1) is 6.20 Å². The second kappa shape index (κ2) is 3.80. The van der Waals surface area contributed by atoms with Crippen LogP contribution in [0, 0.1) is 19.4 Å². The maximum Gasteiger partial charge on any atom is 0.201 e. The molecule has 0 saturated heterocycles. The molecule has 2 aromatic rings. The zero-order valence-corrected chi connectivity index (χ0v) is 8.89. The summed E-state index contributed by atoms with van der Waals surface area (Å²) in [5.74, 6) is 0.891. The van der Waals surface area contributed by atoms with E-state index in [0.717, 1.165) is 10.8 Å². The molecule has 0 unspecified atom stereocenters. The lowest BCUT2D eigenvalue weighted by atomic mass is 10.1. The Morgan fingerprint density at radius 2 is 2.21 bits per heavy atom. The van der Waals surface area contributed by atoms with Crippen LogP contribution in [0.5, 0.6) is 10.8 Å².